The molecule has 2 aromatic rings. The molecule has 0 fully saturated rings. The number of nitrogens with one attached hydrogen (secondary N) is 1. The standard InChI is InChI=1S/C14H13ClN2/c15-10-4-5-12-11(8-10)14-9(6-7-16)2-1-3-13(14)17-12/h4-5,8-9,17H,1-3,6H2. The molecule has 0 radical (unpaired) electrons. The highest BCUT2D eigenvalue weighted by molar-refractivity contribution is 6.31. The van der Waals surface area contributed by atoms with Crippen LogP contribution in [0.2, 0.25) is 5.02 Å². The van der Waals surface area contributed by atoms with Gasteiger partial charge < -0.3 is 4.98 Å². The van der Waals surface area contributed by atoms with E-state index in [2.05, 4.69) is 11.1 Å². The number of rotatable bonds is 1. The summed E-state index contributed by atoms with van der Waals surface area (Å²) in [6, 6.07) is 8.25. The molecule has 1 aliphatic carbocycles. The molecule has 0 amide bonds. The Bertz CT molecular complexity index is 606. The Morgan fingerprint density at radius 2 is 2.35 bits per heavy atom. The van der Waals surface area contributed by atoms with Crippen LogP contribution in [0.4, 0.5) is 0 Å². The van der Waals surface area contributed by atoms with Crippen LogP contribution in [0.25, 0.3) is 10.9 Å². The van der Waals surface area contributed by atoms with Crippen molar-refractivity contribution in [3.8, 4) is 6.07 Å². The summed E-state index contributed by atoms with van der Waals surface area (Å²) in [7, 11) is 0. The van der Waals surface area contributed by atoms with Crippen molar-refractivity contribution in [1.29, 1.82) is 5.26 Å². The third-order valence-electron chi connectivity index (χ3n) is 3.61. The molecular formula is C14H13ClN2. The second-order valence-corrected chi connectivity index (χ2v) is 5.09. The predicted octanol–water partition coefficient (Wildman–Crippen LogP) is 4.15. The summed E-state index contributed by atoms with van der Waals surface area (Å²) in [5.41, 5.74) is 3.77. The molecule has 1 heterocycles. The number of nitrogens with zero attached hydrogens (tertiary/aromatic N) is 1. The maximum absolute atomic E-state index is 8.92. The predicted molar refractivity (Wildman–Crippen MR) is 69.2 cm³/mol. The van der Waals surface area contributed by atoms with Gasteiger partial charge in [0.25, 0.3) is 0 Å². The van der Waals surface area contributed by atoms with Crippen LogP contribution >= 0.6 is 11.6 Å². The lowest BCUT2D eigenvalue weighted by Gasteiger charge is -2.20. The normalized spacial score (nSPS) is 18.9. The van der Waals surface area contributed by atoms with Crippen molar-refractivity contribution >= 4 is 22.5 Å². The van der Waals surface area contributed by atoms with Crippen molar-refractivity contribution in [3.63, 3.8) is 0 Å². The Kier molecular flexibility index (Phi) is 2.57. The van der Waals surface area contributed by atoms with Crippen LogP contribution in [-0.4, -0.2) is 4.98 Å². The topological polar surface area (TPSA) is 39.6 Å². The fourth-order valence-corrected chi connectivity index (χ4v) is 3.06. The van der Waals surface area contributed by atoms with E-state index < -0.39 is 0 Å². The molecule has 17 heavy (non-hydrogen) atoms. The molecule has 1 atom stereocenters. The minimum Gasteiger partial charge on any atom is -0.358 e. The summed E-state index contributed by atoms with van der Waals surface area (Å²) in [5, 5.41) is 10.9. The number of hydrogen-bond acceptors (Lipinski definition) is 1. The highest BCUT2D eigenvalue weighted by atomic mass is 35.5. The minimum absolute atomic E-state index is 0.371. The lowest BCUT2D eigenvalue weighted by molar-refractivity contribution is 0.561. The molecule has 1 aromatic heterocycles. The van der Waals surface area contributed by atoms with Crippen molar-refractivity contribution < 1.29 is 0 Å². The van der Waals surface area contributed by atoms with Crippen LogP contribution in [0.3, 0.4) is 0 Å². The van der Waals surface area contributed by atoms with E-state index in [0.29, 0.717) is 12.3 Å². The van der Waals surface area contributed by atoms with Crippen molar-refractivity contribution in [2.24, 2.45) is 0 Å². The molecule has 1 N–H and O–H groups in total. The SMILES string of the molecule is N#CCC1CCCc2[nH]c3ccc(Cl)cc3c21. The van der Waals surface area contributed by atoms with E-state index in [1.807, 2.05) is 18.2 Å². The molecule has 0 spiro atoms. The van der Waals surface area contributed by atoms with E-state index in [4.69, 9.17) is 16.9 Å². The number of fused-ring (bicyclic) bond motifs is 3. The zero-order chi connectivity index (χ0) is 11.8. The molecule has 0 bridgehead atoms. The van der Waals surface area contributed by atoms with Crippen molar-refractivity contribution in [2.45, 2.75) is 31.6 Å². The first-order chi connectivity index (χ1) is 8.29. The molecule has 0 aliphatic heterocycles. The molecule has 86 valence electrons. The lowest BCUT2D eigenvalue weighted by atomic mass is 9.83. The first-order valence-electron chi connectivity index (χ1n) is 5.96. The minimum atomic E-state index is 0.371. The molecule has 1 aromatic carbocycles. The number of aryl methyl sites for hydroxylation is 1. The summed E-state index contributed by atoms with van der Waals surface area (Å²) < 4.78 is 0. The van der Waals surface area contributed by atoms with E-state index in [0.717, 1.165) is 23.4 Å². The Morgan fingerprint density at radius 1 is 1.47 bits per heavy atom. The molecule has 3 heteroatoms. The fourth-order valence-electron chi connectivity index (χ4n) is 2.89. The smallest absolute Gasteiger partial charge is 0.0628 e. The summed E-state index contributed by atoms with van der Waals surface area (Å²) in [6.45, 7) is 0. The molecule has 0 saturated heterocycles. The first kappa shape index (κ1) is 10.7. The van der Waals surface area contributed by atoms with E-state index in [1.54, 1.807) is 0 Å². The van der Waals surface area contributed by atoms with Gasteiger partial charge in [0.05, 0.1) is 6.07 Å². The molecular weight excluding hydrogens is 232 g/mol. The highest BCUT2D eigenvalue weighted by Gasteiger charge is 2.24. The van der Waals surface area contributed by atoms with Gasteiger partial charge >= 0.3 is 0 Å². The van der Waals surface area contributed by atoms with Gasteiger partial charge in [0.1, 0.15) is 0 Å². The monoisotopic (exact) mass is 244 g/mol. The first-order valence-corrected chi connectivity index (χ1v) is 6.34. The number of nitriles is 1. The second-order valence-electron chi connectivity index (χ2n) is 4.66. The van der Waals surface area contributed by atoms with Crippen LogP contribution in [0.1, 0.15) is 36.4 Å². The van der Waals surface area contributed by atoms with Gasteiger partial charge in [-0.25, -0.2) is 0 Å². The van der Waals surface area contributed by atoms with Gasteiger partial charge in [-0.15, -0.1) is 0 Å². The third kappa shape index (κ3) is 1.71. The van der Waals surface area contributed by atoms with Crippen LogP contribution in [0, 0.1) is 11.3 Å². The van der Waals surface area contributed by atoms with Crippen LogP contribution < -0.4 is 0 Å². The van der Waals surface area contributed by atoms with Crippen LogP contribution in [0.15, 0.2) is 18.2 Å². The van der Waals surface area contributed by atoms with Gasteiger partial charge in [-0.05, 0) is 48.9 Å². The largest absolute Gasteiger partial charge is 0.358 e. The van der Waals surface area contributed by atoms with E-state index in [1.165, 1.54) is 23.1 Å². The zero-order valence-electron chi connectivity index (χ0n) is 9.46. The van der Waals surface area contributed by atoms with Gasteiger partial charge in [-0.1, -0.05) is 11.6 Å². The summed E-state index contributed by atoms with van der Waals surface area (Å²) in [5.74, 6) is 0.371. The van der Waals surface area contributed by atoms with Gasteiger partial charge in [-0.3, -0.25) is 0 Å². The third-order valence-corrected chi connectivity index (χ3v) is 3.84. The maximum atomic E-state index is 8.92. The number of H-pyrrole nitrogens is 1. The molecule has 2 nitrogen and oxygen atoms in total. The second kappa shape index (κ2) is 4.09. The van der Waals surface area contributed by atoms with Gasteiger partial charge in [0.15, 0.2) is 0 Å². The van der Waals surface area contributed by atoms with E-state index >= 15 is 0 Å². The summed E-state index contributed by atoms with van der Waals surface area (Å²) >= 11 is 6.06. The van der Waals surface area contributed by atoms with E-state index in [-0.39, 0.29) is 0 Å². The number of benzene rings is 1. The Balaban J connectivity index is 2.22. The Morgan fingerprint density at radius 3 is 3.18 bits per heavy atom. The highest BCUT2D eigenvalue weighted by Crippen LogP contribution is 2.39. The van der Waals surface area contributed by atoms with Crippen molar-refractivity contribution in [3.05, 3.63) is 34.5 Å². The fraction of sp³-hybridized carbons (Fsp3) is 0.357. The molecule has 3 rings (SSSR count). The summed E-state index contributed by atoms with van der Waals surface area (Å²) in [4.78, 5) is 3.46. The number of aromatic amines is 1. The van der Waals surface area contributed by atoms with Gasteiger partial charge in [-0.2, -0.15) is 5.26 Å². The maximum Gasteiger partial charge on any atom is 0.0628 e. The zero-order valence-corrected chi connectivity index (χ0v) is 10.2. The number of aromatic nitrogens is 1. The quantitative estimate of drug-likeness (QED) is 0.804. The molecule has 1 unspecified atom stereocenters. The van der Waals surface area contributed by atoms with E-state index in [9.17, 15) is 0 Å². The Labute approximate surface area is 105 Å². The van der Waals surface area contributed by atoms with Crippen molar-refractivity contribution in [2.75, 3.05) is 0 Å². The number of halogens is 1. The molecule has 0 saturated carbocycles. The average Bonchev–Trinajstić information content (AvgIpc) is 2.68. The van der Waals surface area contributed by atoms with Crippen LogP contribution in [-0.2, 0) is 6.42 Å². The lowest BCUT2D eigenvalue weighted by Crippen LogP contribution is -2.08. The number of hydrogen-bond donors (Lipinski definition) is 1. The Hall–Kier alpha value is -1.46. The van der Waals surface area contributed by atoms with Crippen LogP contribution in [0.5, 0.6) is 0 Å². The van der Waals surface area contributed by atoms with Gasteiger partial charge in [0, 0.05) is 28.0 Å². The van der Waals surface area contributed by atoms with Crippen molar-refractivity contribution in [1.82, 2.24) is 4.98 Å². The molecule has 1 aliphatic rings. The average molecular weight is 245 g/mol. The van der Waals surface area contributed by atoms with Gasteiger partial charge in [0.2, 0.25) is 0 Å². The summed E-state index contributed by atoms with van der Waals surface area (Å²) in [6.07, 6.45) is 3.97.